The summed E-state index contributed by atoms with van der Waals surface area (Å²) < 4.78 is 0. The summed E-state index contributed by atoms with van der Waals surface area (Å²) in [7, 11) is 0. The van der Waals surface area contributed by atoms with E-state index in [1.165, 1.54) is 11.1 Å². The van der Waals surface area contributed by atoms with Crippen molar-refractivity contribution in [2.75, 3.05) is 25.0 Å². The Bertz CT molecular complexity index is 785. The molecule has 1 fully saturated rings. The van der Waals surface area contributed by atoms with Crippen LogP contribution in [0.1, 0.15) is 29.5 Å². The van der Waals surface area contributed by atoms with E-state index in [2.05, 4.69) is 34.6 Å². The predicted molar refractivity (Wildman–Crippen MR) is 112 cm³/mol. The molecule has 144 valence electrons. The monoisotopic (exact) mass is 385 g/mol. The number of benzene rings is 2. The van der Waals surface area contributed by atoms with Crippen molar-refractivity contribution in [3.63, 3.8) is 0 Å². The van der Waals surface area contributed by atoms with Crippen molar-refractivity contribution in [2.24, 2.45) is 5.92 Å². The molecule has 2 aromatic rings. The molecule has 5 heteroatoms. The van der Waals surface area contributed by atoms with Gasteiger partial charge in [0.2, 0.25) is 0 Å². The molecule has 0 aliphatic carbocycles. The second kappa shape index (κ2) is 9.25. The molecular weight excluding hydrogens is 358 g/mol. The molecule has 2 aromatic carbocycles. The van der Waals surface area contributed by atoms with Crippen LogP contribution >= 0.6 is 11.6 Å². The molecule has 1 heterocycles. The van der Waals surface area contributed by atoms with Crippen LogP contribution in [0.2, 0.25) is 5.02 Å². The van der Waals surface area contributed by atoms with Crippen LogP contribution in [0.3, 0.4) is 0 Å². The van der Waals surface area contributed by atoms with Crippen LogP contribution in [0.15, 0.2) is 42.5 Å². The number of urea groups is 1. The van der Waals surface area contributed by atoms with Crippen LogP contribution in [0.4, 0.5) is 10.5 Å². The Morgan fingerprint density at radius 1 is 1.11 bits per heavy atom. The van der Waals surface area contributed by atoms with Gasteiger partial charge in [-0.05, 0) is 74.5 Å². The highest BCUT2D eigenvalue weighted by Gasteiger charge is 2.20. The summed E-state index contributed by atoms with van der Waals surface area (Å²) in [5, 5.41) is 6.83. The van der Waals surface area contributed by atoms with Gasteiger partial charge in [-0.1, -0.05) is 41.9 Å². The van der Waals surface area contributed by atoms with E-state index in [1.807, 2.05) is 37.3 Å². The summed E-state index contributed by atoms with van der Waals surface area (Å²) in [4.78, 5) is 14.7. The van der Waals surface area contributed by atoms with E-state index in [4.69, 9.17) is 11.6 Å². The average molecular weight is 386 g/mol. The van der Waals surface area contributed by atoms with Gasteiger partial charge in [0.15, 0.2) is 0 Å². The van der Waals surface area contributed by atoms with Crippen LogP contribution in [0.5, 0.6) is 0 Å². The molecule has 0 atom stereocenters. The molecular formula is C22H28ClN3O. The Morgan fingerprint density at radius 3 is 2.59 bits per heavy atom. The number of halogens is 1. The van der Waals surface area contributed by atoms with Gasteiger partial charge in [-0.25, -0.2) is 4.79 Å². The Balaban J connectivity index is 1.41. The molecule has 27 heavy (non-hydrogen) atoms. The maximum absolute atomic E-state index is 12.2. The average Bonchev–Trinajstić information content (AvgIpc) is 2.67. The van der Waals surface area contributed by atoms with E-state index in [0.29, 0.717) is 5.92 Å². The number of likely N-dealkylation sites (tertiary alicyclic amines) is 1. The third kappa shape index (κ3) is 5.47. The van der Waals surface area contributed by atoms with Crippen LogP contribution in [0, 0.1) is 19.8 Å². The summed E-state index contributed by atoms with van der Waals surface area (Å²) >= 11 is 6.26. The maximum atomic E-state index is 12.2. The topological polar surface area (TPSA) is 44.4 Å². The number of nitrogens with zero attached hydrogens (tertiary/aromatic N) is 1. The van der Waals surface area contributed by atoms with E-state index in [1.54, 1.807) is 0 Å². The quantitative estimate of drug-likeness (QED) is 0.761. The third-order valence-electron chi connectivity index (χ3n) is 5.46. The summed E-state index contributed by atoms with van der Waals surface area (Å²) in [5.74, 6) is 0.525. The number of hydrogen-bond acceptors (Lipinski definition) is 2. The maximum Gasteiger partial charge on any atom is 0.319 e. The number of amides is 2. The highest BCUT2D eigenvalue weighted by atomic mass is 35.5. The van der Waals surface area contributed by atoms with Gasteiger partial charge in [0, 0.05) is 23.8 Å². The van der Waals surface area contributed by atoms with E-state index >= 15 is 0 Å². The summed E-state index contributed by atoms with van der Waals surface area (Å²) in [6, 6.07) is 13.9. The number of hydrogen-bond donors (Lipinski definition) is 2. The van der Waals surface area contributed by atoms with Crippen LogP contribution in [-0.4, -0.2) is 30.6 Å². The van der Waals surface area contributed by atoms with E-state index in [9.17, 15) is 4.79 Å². The lowest BCUT2D eigenvalue weighted by molar-refractivity contribution is 0.176. The molecule has 0 radical (unpaired) electrons. The van der Waals surface area contributed by atoms with Crippen molar-refractivity contribution in [3.05, 3.63) is 64.2 Å². The normalized spacial score (nSPS) is 15.5. The fourth-order valence-electron chi connectivity index (χ4n) is 3.51. The van der Waals surface area contributed by atoms with E-state index in [-0.39, 0.29) is 6.03 Å². The lowest BCUT2D eigenvalue weighted by Gasteiger charge is -2.32. The molecule has 0 unspecified atom stereocenters. The standard InChI is InChI=1S/C22H28ClN3O/c1-16-6-5-9-21(17(16)2)25-22(27)24-14-18-10-12-26(13-11-18)15-19-7-3-4-8-20(19)23/h3-9,18H,10-15H2,1-2H3,(H2,24,25,27). The van der Waals surface area contributed by atoms with Gasteiger partial charge in [0.25, 0.3) is 0 Å². The highest BCUT2D eigenvalue weighted by Crippen LogP contribution is 2.22. The fourth-order valence-corrected chi connectivity index (χ4v) is 3.70. The minimum atomic E-state index is -0.123. The SMILES string of the molecule is Cc1cccc(NC(=O)NCC2CCN(Cc3ccccc3Cl)CC2)c1C. The van der Waals surface area contributed by atoms with Crippen molar-refractivity contribution in [1.29, 1.82) is 0 Å². The van der Waals surface area contributed by atoms with Crippen LogP contribution < -0.4 is 10.6 Å². The molecule has 2 amide bonds. The molecule has 0 bridgehead atoms. The van der Waals surface area contributed by atoms with E-state index < -0.39 is 0 Å². The molecule has 4 nitrogen and oxygen atoms in total. The number of nitrogens with one attached hydrogen (secondary N) is 2. The summed E-state index contributed by atoms with van der Waals surface area (Å²) in [6.07, 6.45) is 2.18. The lowest BCUT2D eigenvalue weighted by atomic mass is 9.96. The number of carbonyl (C=O) groups is 1. The first-order valence-electron chi connectivity index (χ1n) is 9.60. The zero-order valence-corrected chi connectivity index (χ0v) is 16.9. The molecule has 1 saturated heterocycles. The fraction of sp³-hybridized carbons (Fsp3) is 0.409. The minimum absolute atomic E-state index is 0.123. The van der Waals surface area contributed by atoms with Gasteiger partial charge in [0.1, 0.15) is 0 Å². The second-order valence-corrected chi connectivity index (χ2v) is 7.80. The number of carbonyl (C=O) groups excluding carboxylic acids is 1. The first-order chi connectivity index (χ1) is 13.0. The Kier molecular flexibility index (Phi) is 6.75. The summed E-state index contributed by atoms with van der Waals surface area (Å²) in [6.45, 7) is 7.77. The van der Waals surface area contributed by atoms with Gasteiger partial charge >= 0.3 is 6.03 Å². The van der Waals surface area contributed by atoms with Gasteiger partial charge < -0.3 is 10.6 Å². The van der Waals surface area contributed by atoms with Crippen molar-refractivity contribution in [2.45, 2.75) is 33.2 Å². The minimum Gasteiger partial charge on any atom is -0.338 e. The molecule has 1 aliphatic rings. The Morgan fingerprint density at radius 2 is 1.85 bits per heavy atom. The molecule has 1 aliphatic heterocycles. The second-order valence-electron chi connectivity index (χ2n) is 7.39. The number of aryl methyl sites for hydroxylation is 1. The number of piperidine rings is 1. The van der Waals surface area contributed by atoms with Crippen molar-refractivity contribution in [3.8, 4) is 0 Å². The van der Waals surface area contributed by atoms with E-state index in [0.717, 1.165) is 55.3 Å². The van der Waals surface area contributed by atoms with Crippen LogP contribution in [0.25, 0.3) is 0 Å². The Hall–Kier alpha value is -2.04. The molecule has 2 N–H and O–H groups in total. The number of rotatable bonds is 5. The molecule has 3 rings (SSSR count). The van der Waals surface area contributed by atoms with Crippen LogP contribution in [-0.2, 0) is 6.54 Å². The highest BCUT2D eigenvalue weighted by molar-refractivity contribution is 6.31. The first-order valence-corrected chi connectivity index (χ1v) is 9.97. The zero-order valence-electron chi connectivity index (χ0n) is 16.1. The molecule has 0 spiro atoms. The van der Waals surface area contributed by atoms with Gasteiger partial charge in [-0.2, -0.15) is 0 Å². The number of anilines is 1. The predicted octanol–water partition coefficient (Wildman–Crippen LogP) is 4.99. The largest absolute Gasteiger partial charge is 0.338 e. The lowest BCUT2D eigenvalue weighted by Crippen LogP contribution is -2.39. The van der Waals surface area contributed by atoms with Crippen molar-refractivity contribution in [1.82, 2.24) is 10.2 Å². The van der Waals surface area contributed by atoms with Gasteiger partial charge in [-0.15, -0.1) is 0 Å². The van der Waals surface area contributed by atoms with Crippen molar-refractivity contribution < 1.29 is 4.79 Å². The third-order valence-corrected chi connectivity index (χ3v) is 5.83. The summed E-state index contributed by atoms with van der Waals surface area (Å²) in [5.41, 5.74) is 4.35. The zero-order chi connectivity index (χ0) is 19.2. The van der Waals surface area contributed by atoms with Gasteiger partial charge in [0.05, 0.1) is 0 Å². The van der Waals surface area contributed by atoms with Crippen molar-refractivity contribution >= 4 is 23.3 Å². The molecule has 0 aromatic heterocycles. The smallest absolute Gasteiger partial charge is 0.319 e. The molecule has 0 saturated carbocycles. The Labute approximate surface area is 166 Å². The van der Waals surface area contributed by atoms with Gasteiger partial charge in [-0.3, -0.25) is 4.90 Å². The first kappa shape index (κ1) is 19.7.